The third-order valence-electron chi connectivity index (χ3n) is 5.84. The molecule has 1 fully saturated rings. The number of hydrogen-bond acceptors (Lipinski definition) is 4. The molecule has 146 valence electrons. The Labute approximate surface area is 169 Å². The molecule has 3 aromatic carbocycles. The molecular weight excluding hydrogens is 362 g/mol. The molecule has 2 heterocycles. The molecule has 5 rings (SSSR count). The number of fused-ring (bicyclic) bond motifs is 2. The van der Waals surface area contributed by atoms with E-state index in [1.54, 1.807) is 0 Å². The Hall–Kier alpha value is -3.18. The van der Waals surface area contributed by atoms with Crippen molar-refractivity contribution in [2.45, 2.75) is 31.3 Å². The van der Waals surface area contributed by atoms with Crippen molar-refractivity contribution >= 4 is 27.8 Å². The summed E-state index contributed by atoms with van der Waals surface area (Å²) in [5.41, 5.74) is 8.84. The second-order valence-electron chi connectivity index (χ2n) is 7.63. The van der Waals surface area contributed by atoms with Gasteiger partial charge in [-0.05, 0) is 48.2 Å². The van der Waals surface area contributed by atoms with Crippen LogP contribution >= 0.6 is 0 Å². The zero-order valence-corrected chi connectivity index (χ0v) is 16.1. The minimum atomic E-state index is -0.457. The molecule has 0 bridgehead atoms. The van der Waals surface area contributed by atoms with Gasteiger partial charge in [0, 0.05) is 12.1 Å². The van der Waals surface area contributed by atoms with E-state index in [1.807, 2.05) is 71.6 Å². The molecule has 2 atom stereocenters. The summed E-state index contributed by atoms with van der Waals surface area (Å²) in [7, 11) is 0. The number of rotatable bonds is 3. The van der Waals surface area contributed by atoms with E-state index < -0.39 is 6.04 Å². The average molecular weight is 385 g/mol. The first-order valence-corrected chi connectivity index (χ1v) is 10.1. The van der Waals surface area contributed by atoms with Crippen molar-refractivity contribution in [2.75, 3.05) is 6.54 Å². The monoisotopic (exact) mass is 385 g/mol. The number of oxazole rings is 1. The molecule has 0 saturated carbocycles. The van der Waals surface area contributed by atoms with Gasteiger partial charge in [0.2, 0.25) is 5.89 Å². The van der Waals surface area contributed by atoms with Crippen LogP contribution in [0.4, 0.5) is 0 Å². The van der Waals surface area contributed by atoms with Crippen LogP contribution in [0.1, 0.15) is 41.6 Å². The first kappa shape index (κ1) is 17.9. The van der Waals surface area contributed by atoms with Gasteiger partial charge in [0.25, 0.3) is 5.91 Å². The van der Waals surface area contributed by atoms with Gasteiger partial charge in [0.05, 0.1) is 6.04 Å². The molecule has 1 saturated heterocycles. The lowest BCUT2D eigenvalue weighted by Crippen LogP contribution is -2.49. The third-order valence-corrected chi connectivity index (χ3v) is 5.84. The molecule has 1 amide bonds. The Kier molecular flexibility index (Phi) is 4.52. The zero-order chi connectivity index (χ0) is 19.8. The largest absolute Gasteiger partial charge is 0.439 e. The normalized spacial score (nSPS) is 18.2. The maximum atomic E-state index is 13.6. The summed E-state index contributed by atoms with van der Waals surface area (Å²) in [6, 6.07) is 20.9. The van der Waals surface area contributed by atoms with E-state index in [4.69, 9.17) is 10.2 Å². The van der Waals surface area contributed by atoms with E-state index in [2.05, 4.69) is 4.98 Å². The molecule has 5 nitrogen and oxygen atoms in total. The predicted octanol–water partition coefficient (Wildman–Crippen LogP) is 4.68. The zero-order valence-electron chi connectivity index (χ0n) is 16.1. The summed E-state index contributed by atoms with van der Waals surface area (Å²) in [5.74, 6) is 0.520. The first-order valence-electron chi connectivity index (χ1n) is 10.1. The van der Waals surface area contributed by atoms with Crippen LogP contribution < -0.4 is 5.73 Å². The van der Waals surface area contributed by atoms with Crippen LogP contribution in [-0.2, 0) is 0 Å². The number of nitrogens with two attached hydrogens (primary N) is 1. The number of piperidine rings is 1. The van der Waals surface area contributed by atoms with Gasteiger partial charge in [-0.3, -0.25) is 4.79 Å². The van der Waals surface area contributed by atoms with Crippen LogP contribution in [-0.4, -0.2) is 28.4 Å². The van der Waals surface area contributed by atoms with Crippen LogP contribution in [0.25, 0.3) is 21.9 Å². The van der Waals surface area contributed by atoms with E-state index in [0.29, 0.717) is 12.4 Å². The van der Waals surface area contributed by atoms with E-state index in [1.165, 1.54) is 0 Å². The fourth-order valence-corrected chi connectivity index (χ4v) is 4.35. The number of benzene rings is 3. The average Bonchev–Trinajstić information content (AvgIpc) is 3.22. The van der Waals surface area contributed by atoms with Crippen molar-refractivity contribution in [3.63, 3.8) is 0 Å². The molecule has 0 aliphatic carbocycles. The van der Waals surface area contributed by atoms with Crippen molar-refractivity contribution in [3.8, 4) is 0 Å². The Morgan fingerprint density at radius 2 is 1.83 bits per heavy atom. The Balaban J connectivity index is 1.50. The Bertz CT molecular complexity index is 1140. The van der Waals surface area contributed by atoms with Gasteiger partial charge in [-0.2, -0.15) is 0 Å². The Morgan fingerprint density at radius 1 is 1.03 bits per heavy atom. The second kappa shape index (κ2) is 7.33. The van der Waals surface area contributed by atoms with Crippen LogP contribution in [0.2, 0.25) is 0 Å². The van der Waals surface area contributed by atoms with E-state index in [9.17, 15) is 4.79 Å². The summed E-state index contributed by atoms with van der Waals surface area (Å²) >= 11 is 0. The SMILES string of the molecule is NC(c1nc2ccccc2o1)C1CCCCN1C(=O)c1cccc2ccccc12. The predicted molar refractivity (Wildman–Crippen MR) is 114 cm³/mol. The maximum Gasteiger partial charge on any atom is 0.254 e. The van der Waals surface area contributed by atoms with Gasteiger partial charge in [0.1, 0.15) is 11.6 Å². The fraction of sp³-hybridized carbons (Fsp3) is 0.250. The molecule has 29 heavy (non-hydrogen) atoms. The summed E-state index contributed by atoms with van der Waals surface area (Å²) in [6.45, 7) is 0.695. The molecule has 1 aliphatic rings. The van der Waals surface area contributed by atoms with Crippen LogP contribution in [0, 0.1) is 0 Å². The van der Waals surface area contributed by atoms with Gasteiger partial charge in [-0.25, -0.2) is 4.98 Å². The quantitative estimate of drug-likeness (QED) is 0.556. The lowest BCUT2D eigenvalue weighted by Gasteiger charge is -2.38. The van der Waals surface area contributed by atoms with Gasteiger partial charge < -0.3 is 15.1 Å². The second-order valence-corrected chi connectivity index (χ2v) is 7.63. The molecule has 2 N–H and O–H groups in total. The summed E-state index contributed by atoms with van der Waals surface area (Å²) < 4.78 is 5.91. The van der Waals surface area contributed by atoms with E-state index in [-0.39, 0.29) is 11.9 Å². The van der Waals surface area contributed by atoms with Gasteiger partial charge in [-0.1, -0.05) is 48.5 Å². The van der Waals surface area contributed by atoms with Crippen molar-refractivity contribution in [3.05, 3.63) is 78.2 Å². The van der Waals surface area contributed by atoms with Crippen molar-refractivity contribution in [2.24, 2.45) is 5.73 Å². The number of hydrogen-bond donors (Lipinski definition) is 1. The molecular formula is C24H23N3O2. The highest BCUT2D eigenvalue weighted by Crippen LogP contribution is 2.31. The third kappa shape index (κ3) is 3.17. The highest BCUT2D eigenvalue weighted by molar-refractivity contribution is 6.07. The molecule has 5 heteroatoms. The van der Waals surface area contributed by atoms with E-state index >= 15 is 0 Å². The van der Waals surface area contributed by atoms with E-state index in [0.717, 1.165) is 46.7 Å². The van der Waals surface area contributed by atoms with Gasteiger partial charge in [-0.15, -0.1) is 0 Å². The number of amides is 1. The highest BCUT2D eigenvalue weighted by atomic mass is 16.3. The van der Waals surface area contributed by atoms with Gasteiger partial charge in [0.15, 0.2) is 5.58 Å². The first-order chi connectivity index (χ1) is 14.2. The van der Waals surface area contributed by atoms with Gasteiger partial charge >= 0.3 is 0 Å². The molecule has 0 spiro atoms. The Morgan fingerprint density at radius 3 is 2.72 bits per heavy atom. The summed E-state index contributed by atoms with van der Waals surface area (Å²) in [4.78, 5) is 20.0. The van der Waals surface area contributed by atoms with Crippen LogP contribution in [0.3, 0.4) is 0 Å². The number of aromatic nitrogens is 1. The minimum absolute atomic E-state index is 0.0260. The summed E-state index contributed by atoms with van der Waals surface area (Å²) in [5, 5.41) is 2.04. The summed E-state index contributed by atoms with van der Waals surface area (Å²) in [6.07, 6.45) is 2.86. The number of para-hydroxylation sites is 2. The lowest BCUT2D eigenvalue weighted by molar-refractivity contribution is 0.0563. The van der Waals surface area contributed by atoms with Crippen molar-refractivity contribution < 1.29 is 9.21 Å². The number of carbonyl (C=O) groups excluding carboxylic acids is 1. The molecule has 1 aromatic heterocycles. The molecule has 0 radical (unpaired) electrons. The fourth-order valence-electron chi connectivity index (χ4n) is 4.35. The molecule has 4 aromatic rings. The lowest BCUT2D eigenvalue weighted by atomic mass is 9.94. The standard InChI is InChI=1S/C24H23N3O2/c25-22(23-26-19-12-3-4-14-21(19)29-23)20-13-5-6-15-27(20)24(28)18-11-7-9-16-8-1-2-10-17(16)18/h1-4,7-12,14,20,22H,5-6,13,15,25H2. The minimum Gasteiger partial charge on any atom is -0.439 e. The van der Waals surface area contributed by atoms with Crippen LogP contribution in [0.15, 0.2) is 71.1 Å². The highest BCUT2D eigenvalue weighted by Gasteiger charge is 2.35. The number of carbonyl (C=O) groups is 1. The maximum absolute atomic E-state index is 13.6. The molecule has 1 aliphatic heterocycles. The number of nitrogens with zero attached hydrogens (tertiary/aromatic N) is 2. The smallest absolute Gasteiger partial charge is 0.254 e. The number of likely N-dealkylation sites (tertiary alicyclic amines) is 1. The molecule has 2 unspecified atom stereocenters. The topological polar surface area (TPSA) is 72.4 Å². The van der Waals surface area contributed by atoms with Crippen LogP contribution in [0.5, 0.6) is 0 Å². The van der Waals surface area contributed by atoms with Crippen molar-refractivity contribution in [1.82, 2.24) is 9.88 Å². The van der Waals surface area contributed by atoms with Crippen molar-refractivity contribution in [1.29, 1.82) is 0 Å².